The fourth-order valence-corrected chi connectivity index (χ4v) is 0.985. The highest BCUT2D eigenvalue weighted by molar-refractivity contribution is 6.29. The highest BCUT2D eigenvalue weighted by Crippen LogP contribution is 2.13. The summed E-state index contributed by atoms with van der Waals surface area (Å²) in [5.41, 5.74) is 12.3. The topological polar surface area (TPSA) is 84.6 Å². The summed E-state index contributed by atoms with van der Waals surface area (Å²) < 4.78 is 0. The van der Waals surface area contributed by atoms with Crippen LogP contribution in [0, 0.1) is 0 Å². The Labute approximate surface area is 100 Å². The molecule has 0 amide bonds. The van der Waals surface area contributed by atoms with Crippen LogP contribution < -0.4 is 11.5 Å². The quantitative estimate of drug-likeness (QED) is 0.386. The van der Waals surface area contributed by atoms with E-state index in [4.69, 9.17) is 23.1 Å². The van der Waals surface area contributed by atoms with Gasteiger partial charge in [0.1, 0.15) is 11.3 Å². The third-order valence-electron chi connectivity index (χ3n) is 1.87. The van der Waals surface area contributed by atoms with Crippen LogP contribution in [0.15, 0.2) is 51.9 Å². The van der Waals surface area contributed by atoms with Gasteiger partial charge in [-0.3, -0.25) is 4.99 Å². The average molecular weight is 242 g/mol. The summed E-state index contributed by atoms with van der Waals surface area (Å²) in [4.78, 5) is 3.54. The molecule has 0 aliphatic heterocycles. The van der Waals surface area contributed by atoms with Gasteiger partial charge in [-0.1, -0.05) is 24.3 Å². The van der Waals surface area contributed by atoms with Crippen molar-refractivity contribution in [2.75, 3.05) is 0 Å². The zero-order chi connectivity index (χ0) is 12.7. The summed E-state index contributed by atoms with van der Waals surface area (Å²) >= 11 is 5.56. The number of rotatable bonds is 5. The number of allylic oxidation sites excluding steroid dienone is 2. The third-order valence-corrected chi connectivity index (χ3v) is 2.17. The van der Waals surface area contributed by atoms with Crippen LogP contribution in [0.3, 0.4) is 0 Å². The molecule has 0 saturated carbocycles. The molecule has 1 unspecified atom stereocenters. The van der Waals surface area contributed by atoms with Gasteiger partial charge in [-0.15, -0.1) is 0 Å². The SMILES string of the molecule is C=C/C(=C\N=C)C(O)/C(N)=C/C(C)=C(\N)Cl. The first-order valence-corrected chi connectivity index (χ1v) is 4.87. The second-order valence-corrected chi connectivity index (χ2v) is 3.50. The van der Waals surface area contributed by atoms with Crippen molar-refractivity contribution < 1.29 is 5.11 Å². The largest absolute Gasteiger partial charge is 0.400 e. The number of aliphatic hydroxyl groups is 1. The van der Waals surface area contributed by atoms with E-state index >= 15 is 0 Å². The minimum atomic E-state index is -1.01. The molecule has 16 heavy (non-hydrogen) atoms. The predicted molar refractivity (Wildman–Crippen MR) is 68.8 cm³/mol. The van der Waals surface area contributed by atoms with E-state index in [0.717, 1.165) is 0 Å². The van der Waals surface area contributed by atoms with E-state index in [-0.39, 0.29) is 10.9 Å². The van der Waals surface area contributed by atoms with Crippen LogP contribution in [0.25, 0.3) is 0 Å². The number of nitrogens with two attached hydrogens (primary N) is 2. The number of aliphatic hydroxyl groups excluding tert-OH is 1. The molecular weight excluding hydrogens is 226 g/mol. The Bertz CT molecular complexity index is 365. The Morgan fingerprint density at radius 3 is 2.44 bits per heavy atom. The van der Waals surface area contributed by atoms with Gasteiger partial charge >= 0.3 is 0 Å². The molecule has 0 fully saturated rings. The van der Waals surface area contributed by atoms with E-state index in [0.29, 0.717) is 11.1 Å². The van der Waals surface area contributed by atoms with E-state index in [1.165, 1.54) is 18.4 Å². The lowest BCUT2D eigenvalue weighted by Gasteiger charge is -2.12. The van der Waals surface area contributed by atoms with E-state index in [1.54, 1.807) is 6.92 Å². The molecule has 0 bridgehead atoms. The number of hydrogen-bond acceptors (Lipinski definition) is 4. The van der Waals surface area contributed by atoms with Gasteiger partial charge in [0.2, 0.25) is 0 Å². The molecule has 0 aliphatic rings. The molecule has 0 aromatic carbocycles. The van der Waals surface area contributed by atoms with Crippen molar-refractivity contribution >= 4 is 18.3 Å². The first-order valence-electron chi connectivity index (χ1n) is 4.49. The minimum Gasteiger partial charge on any atom is -0.400 e. The number of aliphatic imine (C=N–C) groups is 1. The molecule has 4 nitrogen and oxygen atoms in total. The van der Waals surface area contributed by atoms with Crippen LogP contribution in [0.2, 0.25) is 0 Å². The zero-order valence-corrected chi connectivity index (χ0v) is 9.91. The normalized spacial score (nSPS) is 16.4. The van der Waals surface area contributed by atoms with Crippen LogP contribution in [0.4, 0.5) is 0 Å². The Hall–Kier alpha value is -1.52. The smallest absolute Gasteiger partial charge is 0.120 e. The molecule has 0 rings (SSSR count). The lowest BCUT2D eigenvalue weighted by atomic mass is 10.1. The summed E-state index contributed by atoms with van der Waals surface area (Å²) in [6.45, 7) is 8.50. The first kappa shape index (κ1) is 14.5. The van der Waals surface area contributed by atoms with E-state index in [9.17, 15) is 5.11 Å². The number of nitrogens with zero attached hydrogens (tertiary/aromatic N) is 1. The molecule has 0 aliphatic carbocycles. The Kier molecular flexibility index (Phi) is 6.22. The van der Waals surface area contributed by atoms with Gasteiger partial charge in [0.25, 0.3) is 0 Å². The van der Waals surface area contributed by atoms with Crippen molar-refractivity contribution in [1.29, 1.82) is 0 Å². The standard InChI is InChI=1S/C11H16ClN3O/c1-4-8(6-15-3)10(16)9(13)5-7(2)11(12)14/h4-6,10,16H,1,3,13-14H2,2H3/b8-6+,9-5-,11-7-. The predicted octanol–water partition coefficient (Wildman–Crippen LogP) is 1.39. The number of hydrogen-bond donors (Lipinski definition) is 3. The first-order chi connectivity index (χ1) is 7.43. The Morgan fingerprint density at radius 1 is 1.50 bits per heavy atom. The summed E-state index contributed by atoms with van der Waals surface area (Å²) in [5.74, 6) is 0. The fourth-order valence-electron chi connectivity index (χ4n) is 0.931. The lowest BCUT2D eigenvalue weighted by Crippen LogP contribution is -2.19. The van der Waals surface area contributed by atoms with Crippen LogP contribution in [0.5, 0.6) is 0 Å². The maximum Gasteiger partial charge on any atom is 0.120 e. The maximum absolute atomic E-state index is 9.81. The summed E-state index contributed by atoms with van der Waals surface area (Å²) in [7, 11) is 0. The molecular formula is C11H16ClN3O. The van der Waals surface area contributed by atoms with Gasteiger partial charge in [-0.05, 0) is 25.3 Å². The minimum absolute atomic E-state index is 0.126. The summed E-state index contributed by atoms with van der Waals surface area (Å²) in [5, 5.41) is 9.94. The van der Waals surface area contributed by atoms with Crippen molar-refractivity contribution in [1.82, 2.24) is 0 Å². The molecule has 1 atom stereocenters. The molecule has 0 aromatic heterocycles. The van der Waals surface area contributed by atoms with Crippen molar-refractivity contribution in [2.24, 2.45) is 16.5 Å². The van der Waals surface area contributed by atoms with Gasteiger partial charge in [0.15, 0.2) is 0 Å². The van der Waals surface area contributed by atoms with Crippen molar-refractivity contribution in [3.63, 3.8) is 0 Å². The molecule has 0 heterocycles. The van der Waals surface area contributed by atoms with Crippen molar-refractivity contribution in [3.05, 3.63) is 46.9 Å². The van der Waals surface area contributed by atoms with Crippen LogP contribution in [-0.4, -0.2) is 17.9 Å². The maximum atomic E-state index is 9.81. The average Bonchev–Trinajstić information content (AvgIpc) is 2.24. The van der Waals surface area contributed by atoms with Crippen LogP contribution in [0.1, 0.15) is 6.92 Å². The molecule has 5 N–H and O–H groups in total. The van der Waals surface area contributed by atoms with Crippen LogP contribution >= 0.6 is 11.6 Å². The molecule has 5 heteroatoms. The summed E-state index contributed by atoms with van der Waals surface area (Å²) in [6.07, 6.45) is 3.31. The molecule has 0 saturated heterocycles. The van der Waals surface area contributed by atoms with Gasteiger partial charge in [0.05, 0.1) is 0 Å². The van der Waals surface area contributed by atoms with Gasteiger partial charge in [0, 0.05) is 17.5 Å². The van der Waals surface area contributed by atoms with E-state index < -0.39 is 6.10 Å². The lowest BCUT2D eigenvalue weighted by molar-refractivity contribution is 0.248. The molecule has 0 aromatic rings. The second-order valence-electron chi connectivity index (χ2n) is 3.09. The van der Waals surface area contributed by atoms with Gasteiger partial charge in [-0.25, -0.2) is 0 Å². The van der Waals surface area contributed by atoms with Crippen molar-refractivity contribution in [2.45, 2.75) is 13.0 Å². The van der Waals surface area contributed by atoms with Crippen molar-refractivity contribution in [3.8, 4) is 0 Å². The van der Waals surface area contributed by atoms with Gasteiger partial charge < -0.3 is 16.6 Å². The highest BCUT2D eigenvalue weighted by atomic mass is 35.5. The fraction of sp³-hybridized carbons (Fsp3) is 0.182. The highest BCUT2D eigenvalue weighted by Gasteiger charge is 2.11. The monoisotopic (exact) mass is 241 g/mol. The van der Waals surface area contributed by atoms with E-state index in [2.05, 4.69) is 18.3 Å². The van der Waals surface area contributed by atoms with Gasteiger partial charge in [-0.2, -0.15) is 0 Å². The van der Waals surface area contributed by atoms with Crippen LogP contribution in [-0.2, 0) is 0 Å². The van der Waals surface area contributed by atoms with E-state index in [1.807, 2.05) is 0 Å². The zero-order valence-electron chi connectivity index (χ0n) is 9.15. The molecule has 88 valence electrons. The summed E-state index contributed by atoms with van der Waals surface area (Å²) in [6, 6.07) is 0. The number of halogens is 1. The Morgan fingerprint density at radius 2 is 2.06 bits per heavy atom. The third kappa shape index (κ3) is 4.33. The second kappa shape index (κ2) is 6.87. The Balaban J connectivity index is 5.06. The molecule has 0 spiro atoms. The molecule has 0 radical (unpaired) electrons.